The first-order chi connectivity index (χ1) is 24.0. The number of hydrogen-bond donors (Lipinski definition) is 2. The summed E-state index contributed by atoms with van der Waals surface area (Å²) in [7, 11) is 1.06. The number of methoxy groups -OCH3 is 1. The van der Waals surface area contributed by atoms with Crippen molar-refractivity contribution in [2.24, 2.45) is 5.92 Å². The number of benzene rings is 1. The molecular weight excluding hydrogens is 680 g/mol. The fourth-order valence-electron chi connectivity index (χ4n) is 6.34. The van der Waals surface area contributed by atoms with Crippen LogP contribution in [0, 0.1) is 5.92 Å². The maximum absolute atomic E-state index is 12.9. The molecule has 51 heavy (non-hydrogen) atoms. The van der Waals surface area contributed by atoms with E-state index >= 15 is 0 Å². The Morgan fingerprint density at radius 2 is 1.45 bits per heavy atom. The number of carbonyl (C=O) groups is 6. The third kappa shape index (κ3) is 8.91. The second-order valence-corrected chi connectivity index (χ2v) is 12.2. The van der Waals surface area contributed by atoms with E-state index in [1.807, 2.05) is 0 Å². The minimum absolute atomic E-state index is 0.435. The molecule has 10 unspecified atom stereocenters. The van der Waals surface area contributed by atoms with Gasteiger partial charge in [0.05, 0.1) is 19.3 Å². The van der Waals surface area contributed by atoms with Crippen molar-refractivity contribution in [2.75, 3.05) is 13.7 Å². The van der Waals surface area contributed by atoms with Crippen molar-refractivity contribution in [2.45, 2.75) is 95.3 Å². The van der Waals surface area contributed by atoms with E-state index in [4.69, 9.17) is 42.6 Å². The summed E-state index contributed by atoms with van der Waals surface area (Å²) in [6, 6.07) is 8.81. The summed E-state index contributed by atoms with van der Waals surface area (Å²) in [5, 5.41) is 24.0. The van der Waals surface area contributed by atoms with Crippen LogP contribution in [0.4, 0.5) is 0 Å². The van der Waals surface area contributed by atoms with Crippen molar-refractivity contribution in [3.05, 3.63) is 53.8 Å². The predicted molar refractivity (Wildman–Crippen MR) is 167 cm³/mol. The normalized spacial score (nSPS) is 32.7. The molecule has 1 aliphatic carbocycles. The SMILES string of the molecule is COC(=O)C1=COC(OC2OC(COC(C)=O)C(OC(C)=O)C(OC(C)=O)C2OC(C)=O)C2C1(O)CC(OC(=O)/C=C/c1ccccc1)C2(C)O. The molecule has 0 bridgehead atoms. The average Bonchev–Trinajstić information content (AvgIpc) is 3.25. The van der Waals surface area contributed by atoms with Gasteiger partial charge in [0.2, 0.25) is 12.6 Å². The number of aliphatic hydroxyl groups is 2. The highest BCUT2D eigenvalue weighted by molar-refractivity contribution is 5.91. The maximum Gasteiger partial charge on any atom is 0.339 e. The fraction of sp³-hybridized carbons (Fsp3) is 0.529. The number of rotatable bonds is 11. The van der Waals surface area contributed by atoms with Gasteiger partial charge in [-0.3, -0.25) is 19.2 Å². The summed E-state index contributed by atoms with van der Waals surface area (Å²) in [6.45, 7) is 4.89. The van der Waals surface area contributed by atoms with Crippen molar-refractivity contribution in [3.63, 3.8) is 0 Å². The molecule has 278 valence electrons. The van der Waals surface area contributed by atoms with E-state index in [1.54, 1.807) is 30.3 Å². The second-order valence-electron chi connectivity index (χ2n) is 12.2. The summed E-state index contributed by atoms with van der Waals surface area (Å²) in [5.41, 5.74) is -4.26. The number of hydrogen-bond acceptors (Lipinski definition) is 17. The zero-order chi connectivity index (χ0) is 37.7. The topological polar surface area (TPSA) is 226 Å². The van der Waals surface area contributed by atoms with E-state index in [1.165, 1.54) is 13.0 Å². The lowest BCUT2D eigenvalue weighted by atomic mass is 9.77. The third-order valence-corrected chi connectivity index (χ3v) is 8.44. The maximum atomic E-state index is 12.9. The molecule has 0 radical (unpaired) electrons. The molecule has 10 atom stereocenters. The zero-order valence-electron chi connectivity index (χ0n) is 28.7. The molecule has 1 saturated heterocycles. The number of ether oxygens (including phenoxy) is 9. The summed E-state index contributed by atoms with van der Waals surface area (Å²) in [6.07, 6.45) is -8.28. The molecular formula is C34H40O17. The van der Waals surface area contributed by atoms with Crippen LogP contribution in [0.2, 0.25) is 0 Å². The third-order valence-electron chi connectivity index (χ3n) is 8.44. The van der Waals surface area contributed by atoms with Crippen LogP contribution in [0.3, 0.4) is 0 Å². The van der Waals surface area contributed by atoms with Crippen molar-refractivity contribution in [1.29, 1.82) is 0 Å². The van der Waals surface area contributed by atoms with Crippen LogP contribution in [-0.4, -0.2) is 114 Å². The van der Waals surface area contributed by atoms with Crippen LogP contribution in [0.5, 0.6) is 0 Å². The first-order valence-electron chi connectivity index (χ1n) is 15.8. The van der Waals surface area contributed by atoms with Crippen LogP contribution in [0.15, 0.2) is 48.2 Å². The summed E-state index contributed by atoms with van der Waals surface area (Å²) in [5.74, 6) is -6.94. The zero-order valence-corrected chi connectivity index (χ0v) is 28.7. The lowest BCUT2D eigenvalue weighted by Gasteiger charge is -2.47. The lowest BCUT2D eigenvalue weighted by molar-refractivity contribution is -0.353. The molecule has 3 aliphatic rings. The number of esters is 6. The Morgan fingerprint density at radius 1 is 0.843 bits per heavy atom. The molecule has 0 aromatic heterocycles. The molecule has 1 aromatic carbocycles. The first-order valence-corrected chi connectivity index (χ1v) is 15.8. The molecule has 0 amide bonds. The predicted octanol–water partition coefficient (Wildman–Crippen LogP) is 0.627. The van der Waals surface area contributed by atoms with Gasteiger partial charge in [-0.25, -0.2) is 9.59 Å². The molecule has 2 heterocycles. The minimum atomic E-state index is -2.31. The summed E-state index contributed by atoms with van der Waals surface area (Å²) in [4.78, 5) is 74.1. The average molecular weight is 721 g/mol. The van der Waals surface area contributed by atoms with Gasteiger partial charge >= 0.3 is 35.8 Å². The molecule has 17 heteroatoms. The molecule has 2 aliphatic heterocycles. The fourth-order valence-corrected chi connectivity index (χ4v) is 6.34. The highest BCUT2D eigenvalue weighted by atomic mass is 16.8. The van der Waals surface area contributed by atoms with Gasteiger partial charge in [-0.15, -0.1) is 0 Å². The molecule has 2 fully saturated rings. The van der Waals surface area contributed by atoms with Gasteiger partial charge in [0.1, 0.15) is 35.6 Å². The number of fused-ring (bicyclic) bond motifs is 1. The Bertz CT molecular complexity index is 1550. The van der Waals surface area contributed by atoms with Crippen LogP contribution >= 0.6 is 0 Å². The molecule has 0 spiro atoms. The molecule has 1 saturated carbocycles. The standard InChI is InChI=1S/C34H40O17/c1-17(35)44-16-23-26(46-18(2)36)27(47-19(3)37)28(48-20(4)38)31(49-23)51-32-29-33(5,41)24(14-34(29,42)22(15-45-32)30(40)43-6)50-25(39)13-12-21-10-8-7-9-11-21/h7-13,15,23-24,26-29,31-32,41-42H,14,16H2,1-6H3/b13-12+. The lowest BCUT2D eigenvalue weighted by Crippen LogP contribution is -2.65. The second kappa shape index (κ2) is 16.0. The van der Waals surface area contributed by atoms with Gasteiger partial charge in [-0.1, -0.05) is 30.3 Å². The van der Waals surface area contributed by atoms with Crippen molar-refractivity contribution >= 4 is 41.9 Å². The van der Waals surface area contributed by atoms with Crippen LogP contribution < -0.4 is 0 Å². The van der Waals surface area contributed by atoms with Gasteiger partial charge in [0.25, 0.3) is 0 Å². The van der Waals surface area contributed by atoms with E-state index in [0.717, 1.165) is 47.1 Å². The summed E-state index contributed by atoms with van der Waals surface area (Å²) >= 11 is 0. The molecule has 1 aromatic rings. The van der Waals surface area contributed by atoms with E-state index < -0.39 is 115 Å². The Balaban J connectivity index is 1.72. The highest BCUT2D eigenvalue weighted by Crippen LogP contribution is 2.53. The van der Waals surface area contributed by atoms with E-state index in [9.17, 15) is 39.0 Å². The van der Waals surface area contributed by atoms with Gasteiger partial charge < -0.3 is 52.8 Å². The van der Waals surface area contributed by atoms with Crippen LogP contribution in [0.25, 0.3) is 6.08 Å². The van der Waals surface area contributed by atoms with E-state index in [2.05, 4.69) is 0 Å². The van der Waals surface area contributed by atoms with E-state index in [0.29, 0.717) is 5.56 Å². The van der Waals surface area contributed by atoms with Crippen molar-refractivity contribution in [1.82, 2.24) is 0 Å². The van der Waals surface area contributed by atoms with E-state index in [-0.39, 0.29) is 0 Å². The number of carbonyl (C=O) groups excluding carboxylic acids is 6. The summed E-state index contributed by atoms with van der Waals surface area (Å²) < 4.78 is 49.6. The Kier molecular flexibility index (Phi) is 12.2. The van der Waals surface area contributed by atoms with Crippen LogP contribution in [-0.2, 0) is 71.4 Å². The van der Waals surface area contributed by atoms with Gasteiger partial charge in [0, 0.05) is 40.2 Å². The molecule has 2 N–H and O–H groups in total. The Labute approximate surface area is 292 Å². The molecule has 17 nitrogen and oxygen atoms in total. The highest BCUT2D eigenvalue weighted by Gasteiger charge is 2.69. The first kappa shape index (κ1) is 39.0. The van der Waals surface area contributed by atoms with Gasteiger partial charge in [-0.05, 0) is 18.6 Å². The largest absolute Gasteiger partial charge is 0.471 e. The van der Waals surface area contributed by atoms with Gasteiger partial charge in [-0.2, -0.15) is 0 Å². The monoisotopic (exact) mass is 720 g/mol. The van der Waals surface area contributed by atoms with Crippen molar-refractivity contribution in [3.8, 4) is 0 Å². The van der Waals surface area contributed by atoms with Crippen molar-refractivity contribution < 1.29 is 81.6 Å². The van der Waals surface area contributed by atoms with Gasteiger partial charge in [0.15, 0.2) is 18.3 Å². The Morgan fingerprint density at radius 3 is 2.04 bits per heavy atom. The molecule has 4 rings (SSSR count). The Hall–Kier alpha value is -4.84. The minimum Gasteiger partial charge on any atom is -0.471 e. The quantitative estimate of drug-likeness (QED) is 0.182. The smallest absolute Gasteiger partial charge is 0.339 e. The van der Waals surface area contributed by atoms with Crippen LogP contribution in [0.1, 0.15) is 46.6 Å².